The van der Waals surface area contributed by atoms with Crippen molar-refractivity contribution in [2.75, 3.05) is 64.6 Å². The van der Waals surface area contributed by atoms with Gasteiger partial charge in [-0.05, 0) is 0 Å². The molecule has 1 aliphatic rings. The van der Waals surface area contributed by atoms with Crippen molar-refractivity contribution >= 4 is 57.6 Å². The molecule has 136 valence electrons. The Morgan fingerprint density at radius 1 is 1.26 bits per heavy atom. The number of thioether (sulfide) groups is 1. The largest absolute Gasteiger partial charge is 0.355 e. The van der Waals surface area contributed by atoms with Crippen LogP contribution in [0.2, 0.25) is 0 Å². The monoisotopic (exact) mass is 479 g/mol. The highest BCUT2D eigenvalue weighted by Crippen LogP contribution is 2.12. The molecule has 0 atom stereocenters. The summed E-state index contributed by atoms with van der Waals surface area (Å²) in [5.41, 5.74) is 0. The number of nitrogens with one attached hydrogen (secondary N) is 2. The Hall–Kier alpha value is -0.270. The van der Waals surface area contributed by atoms with Gasteiger partial charge in [0.1, 0.15) is 0 Å². The molecular weight excluding hydrogens is 453 g/mol. The Bertz CT molecular complexity index is 493. The molecule has 1 aliphatic heterocycles. The second-order valence-electron chi connectivity index (χ2n) is 4.97. The van der Waals surface area contributed by atoms with Crippen molar-refractivity contribution in [2.45, 2.75) is 0 Å². The molecule has 0 bridgehead atoms. The highest BCUT2D eigenvalue weighted by atomic mass is 127. The fourth-order valence-electron chi connectivity index (χ4n) is 1.79. The summed E-state index contributed by atoms with van der Waals surface area (Å²) in [5, 5.41) is 5.77. The zero-order valence-electron chi connectivity index (χ0n) is 13.7. The molecule has 8 nitrogen and oxygen atoms in total. The number of likely N-dealkylation sites (N-methyl/N-ethyl adjacent to an activating group) is 1. The van der Waals surface area contributed by atoms with Crippen LogP contribution in [0.4, 0.5) is 0 Å². The quantitative estimate of drug-likeness (QED) is 0.296. The molecule has 0 aromatic rings. The Morgan fingerprint density at radius 3 is 2.39 bits per heavy atom. The maximum Gasteiger partial charge on any atom is 0.241 e. The van der Waals surface area contributed by atoms with E-state index in [0.717, 1.165) is 11.5 Å². The van der Waals surface area contributed by atoms with Crippen LogP contribution >= 0.6 is 35.7 Å². The Balaban J connectivity index is 0.00000484. The smallest absolute Gasteiger partial charge is 0.241 e. The summed E-state index contributed by atoms with van der Waals surface area (Å²) in [4.78, 5) is 16.9. The predicted octanol–water partition coefficient (Wildman–Crippen LogP) is -0.764. The maximum atomic E-state index is 12.2. The van der Waals surface area contributed by atoms with Gasteiger partial charge in [0.05, 0.1) is 12.3 Å². The van der Waals surface area contributed by atoms with Crippen LogP contribution in [0, 0.1) is 0 Å². The number of hydrogen-bond acceptors (Lipinski definition) is 5. The van der Waals surface area contributed by atoms with Crippen LogP contribution in [0.3, 0.4) is 0 Å². The standard InChI is InChI=1S/C12H25N5O3S2.HI/c1-13-12(15-10-11(18)16(2)3)14-4-9-22(19,20)17-5-7-21-8-6-17;/h4-10H2,1-3H3,(H2,13,14,15);1H. The number of halogens is 1. The van der Waals surface area contributed by atoms with E-state index in [-0.39, 0.29) is 48.7 Å². The average Bonchev–Trinajstić information content (AvgIpc) is 2.51. The number of hydrogen-bond donors (Lipinski definition) is 2. The minimum atomic E-state index is -3.23. The maximum absolute atomic E-state index is 12.2. The second kappa shape index (κ2) is 11.3. The van der Waals surface area contributed by atoms with Crippen LogP contribution in [0.5, 0.6) is 0 Å². The van der Waals surface area contributed by atoms with E-state index in [4.69, 9.17) is 0 Å². The molecule has 11 heteroatoms. The highest BCUT2D eigenvalue weighted by Gasteiger charge is 2.23. The number of carbonyl (C=O) groups is 1. The van der Waals surface area contributed by atoms with E-state index in [9.17, 15) is 13.2 Å². The van der Waals surface area contributed by atoms with Crippen LogP contribution in [-0.2, 0) is 14.8 Å². The number of nitrogens with zero attached hydrogens (tertiary/aromatic N) is 3. The number of rotatable bonds is 6. The van der Waals surface area contributed by atoms with Crippen molar-refractivity contribution in [3.05, 3.63) is 0 Å². The molecule has 0 aromatic carbocycles. The minimum absolute atomic E-state index is 0. The van der Waals surface area contributed by atoms with E-state index in [1.807, 2.05) is 0 Å². The third kappa shape index (κ3) is 8.40. The number of sulfonamides is 1. The van der Waals surface area contributed by atoms with Gasteiger partial charge >= 0.3 is 0 Å². The molecule has 0 radical (unpaired) electrons. The third-order valence-corrected chi connectivity index (χ3v) is 5.96. The summed E-state index contributed by atoms with van der Waals surface area (Å²) in [7, 11) is 1.68. The lowest BCUT2D eigenvalue weighted by Crippen LogP contribution is -2.46. The molecule has 0 spiro atoms. The molecule has 0 saturated carbocycles. The molecule has 0 aromatic heterocycles. The van der Waals surface area contributed by atoms with E-state index in [2.05, 4.69) is 15.6 Å². The zero-order chi connectivity index (χ0) is 16.6. The van der Waals surface area contributed by atoms with E-state index in [1.165, 1.54) is 9.21 Å². The Morgan fingerprint density at radius 2 is 1.87 bits per heavy atom. The van der Waals surface area contributed by atoms with Gasteiger partial charge in [-0.25, -0.2) is 12.7 Å². The predicted molar refractivity (Wildman–Crippen MR) is 106 cm³/mol. The van der Waals surface area contributed by atoms with Gasteiger partial charge in [0, 0.05) is 52.3 Å². The normalized spacial score (nSPS) is 16.4. The summed E-state index contributed by atoms with van der Waals surface area (Å²) in [6.07, 6.45) is 0. The molecule has 1 rings (SSSR count). The van der Waals surface area contributed by atoms with Crippen LogP contribution in [-0.4, -0.2) is 94.1 Å². The molecule has 2 N–H and O–H groups in total. The average molecular weight is 479 g/mol. The molecule has 0 unspecified atom stereocenters. The lowest BCUT2D eigenvalue weighted by atomic mass is 10.5. The molecule has 1 saturated heterocycles. The van der Waals surface area contributed by atoms with E-state index in [0.29, 0.717) is 19.0 Å². The first kappa shape index (κ1) is 22.7. The van der Waals surface area contributed by atoms with Crippen molar-refractivity contribution in [3.63, 3.8) is 0 Å². The van der Waals surface area contributed by atoms with Gasteiger partial charge in [-0.15, -0.1) is 24.0 Å². The van der Waals surface area contributed by atoms with Gasteiger partial charge in [0.2, 0.25) is 15.9 Å². The first-order chi connectivity index (χ1) is 10.4. The fraction of sp³-hybridized carbons (Fsp3) is 0.833. The number of guanidine groups is 1. The summed E-state index contributed by atoms with van der Waals surface area (Å²) in [6.45, 7) is 1.53. The number of amides is 1. The van der Waals surface area contributed by atoms with Crippen LogP contribution < -0.4 is 10.6 Å². The van der Waals surface area contributed by atoms with Gasteiger partial charge < -0.3 is 15.5 Å². The van der Waals surface area contributed by atoms with E-state index in [1.54, 1.807) is 32.9 Å². The Kier molecular flexibility index (Phi) is 11.2. The van der Waals surface area contributed by atoms with Gasteiger partial charge in [0.25, 0.3) is 0 Å². The molecule has 1 amide bonds. The Labute approximate surface area is 159 Å². The molecular formula is C12H26IN5O3S2. The SMILES string of the molecule is CN=C(NCCS(=O)(=O)N1CCSCC1)NCC(=O)N(C)C.I. The number of aliphatic imine (C=N–C) groups is 1. The van der Waals surface area contributed by atoms with E-state index >= 15 is 0 Å². The molecule has 23 heavy (non-hydrogen) atoms. The van der Waals surface area contributed by atoms with Gasteiger partial charge in [0.15, 0.2) is 5.96 Å². The van der Waals surface area contributed by atoms with Crippen molar-refractivity contribution in [1.82, 2.24) is 19.8 Å². The van der Waals surface area contributed by atoms with E-state index < -0.39 is 10.0 Å². The first-order valence-corrected chi connectivity index (χ1v) is 9.83. The van der Waals surface area contributed by atoms with Crippen molar-refractivity contribution < 1.29 is 13.2 Å². The fourth-order valence-corrected chi connectivity index (χ4v) is 4.28. The lowest BCUT2D eigenvalue weighted by Gasteiger charge is -2.25. The van der Waals surface area contributed by atoms with Crippen molar-refractivity contribution in [1.29, 1.82) is 0 Å². The van der Waals surface area contributed by atoms with Gasteiger partial charge in [-0.2, -0.15) is 11.8 Å². The van der Waals surface area contributed by atoms with Gasteiger partial charge in [-0.3, -0.25) is 9.79 Å². The first-order valence-electron chi connectivity index (χ1n) is 7.07. The lowest BCUT2D eigenvalue weighted by molar-refractivity contribution is -0.127. The van der Waals surface area contributed by atoms with Crippen molar-refractivity contribution in [3.8, 4) is 0 Å². The zero-order valence-corrected chi connectivity index (χ0v) is 17.7. The van der Waals surface area contributed by atoms with Crippen LogP contribution in [0.15, 0.2) is 4.99 Å². The molecule has 1 heterocycles. The summed E-state index contributed by atoms with van der Waals surface area (Å²) in [6, 6.07) is 0. The molecule has 0 aliphatic carbocycles. The third-order valence-electron chi connectivity index (χ3n) is 3.15. The highest BCUT2D eigenvalue weighted by molar-refractivity contribution is 14.0. The van der Waals surface area contributed by atoms with Crippen molar-refractivity contribution in [2.24, 2.45) is 4.99 Å². The van der Waals surface area contributed by atoms with Crippen LogP contribution in [0.1, 0.15) is 0 Å². The summed E-state index contributed by atoms with van der Waals surface area (Å²) < 4.78 is 25.9. The van der Waals surface area contributed by atoms with Gasteiger partial charge in [-0.1, -0.05) is 0 Å². The minimum Gasteiger partial charge on any atom is -0.355 e. The van der Waals surface area contributed by atoms with Crippen LogP contribution in [0.25, 0.3) is 0 Å². The number of carbonyl (C=O) groups excluding carboxylic acids is 1. The molecule has 1 fully saturated rings. The second-order valence-corrected chi connectivity index (χ2v) is 8.28. The topological polar surface area (TPSA) is 94.1 Å². The summed E-state index contributed by atoms with van der Waals surface area (Å²) in [5.74, 6) is 2.05. The summed E-state index contributed by atoms with van der Waals surface area (Å²) >= 11 is 1.77.